The van der Waals surface area contributed by atoms with E-state index in [0.717, 1.165) is 18.4 Å². The Morgan fingerprint density at radius 3 is 2.95 bits per heavy atom. The molecule has 20 heavy (non-hydrogen) atoms. The van der Waals surface area contributed by atoms with Crippen molar-refractivity contribution in [1.82, 2.24) is 0 Å². The van der Waals surface area contributed by atoms with Gasteiger partial charge in [-0.1, -0.05) is 11.6 Å². The molecule has 4 unspecified atom stereocenters. The zero-order chi connectivity index (χ0) is 14.5. The molecule has 5 nitrogen and oxygen atoms in total. The Morgan fingerprint density at radius 2 is 2.25 bits per heavy atom. The van der Waals surface area contributed by atoms with Crippen molar-refractivity contribution in [2.24, 2.45) is 0 Å². The minimum Gasteiger partial charge on any atom is -0.451 e. The van der Waals surface area contributed by atoms with Crippen molar-refractivity contribution in [1.29, 1.82) is 0 Å². The lowest BCUT2D eigenvalue weighted by molar-refractivity contribution is -0.141. The maximum Gasteiger partial charge on any atom is 0.337 e. The average Bonchev–Trinajstić information content (AvgIpc) is 2.92. The van der Waals surface area contributed by atoms with E-state index >= 15 is 0 Å². The first-order valence-corrected chi connectivity index (χ1v) is 7.02. The van der Waals surface area contributed by atoms with E-state index in [-0.39, 0.29) is 17.3 Å². The SMILES string of the molecule is CC1=CCCC2(C)OC2C2OC(=O)C(CO)=C2C(O)C1. The summed E-state index contributed by atoms with van der Waals surface area (Å²) in [6, 6.07) is 0. The minimum atomic E-state index is -0.809. The molecule has 1 saturated heterocycles. The summed E-state index contributed by atoms with van der Waals surface area (Å²) in [5.41, 5.74) is 1.45. The molecule has 5 heteroatoms. The van der Waals surface area contributed by atoms with Gasteiger partial charge in [-0.25, -0.2) is 4.79 Å². The van der Waals surface area contributed by atoms with Gasteiger partial charge in [-0.3, -0.25) is 0 Å². The van der Waals surface area contributed by atoms with Gasteiger partial charge < -0.3 is 19.7 Å². The number of fused-ring (bicyclic) bond motifs is 3. The molecule has 2 aliphatic heterocycles. The average molecular weight is 280 g/mol. The fourth-order valence-electron chi connectivity index (χ4n) is 3.25. The molecule has 3 aliphatic rings. The van der Waals surface area contributed by atoms with Gasteiger partial charge in [0, 0.05) is 5.57 Å². The van der Waals surface area contributed by atoms with E-state index < -0.39 is 24.8 Å². The van der Waals surface area contributed by atoms with E-state index in [1.54, 1.807) is 0 Å². The van der Waals surface area contributed by atoms with Crippen molar-refractivity contribution >= 4 is 5.97 Å². The van der Waals surface area contributed by atoms with Gasteiger partial charge in [0.2, 0.25) is 0 Å². The van der Waals surface area contributed by atoms with E-state index in [1.807, 2.05) is 13.8 Å². The summed E-state index contributed by atoms with van der Waals surface area (Å²) in [6.07, 6.45) is 2.72. The standard InChI is InChI=1S/C15H20O5/c1-8-4-3-5-15(2)13(20-15)12-11(10(17)6-8)9(7-16)14(18)19-12/h4,10,12-13,16-17H,3,5-7H2,1-2H3. The molecule has 3 rings (SSSR count). The molecule has 0 amide bonds. The van der Waals surface area contributed by atoms with Crippen LogP contribution < -0.4 is 0 Å². The highest BCUT2D eigenvalue weighted by Gasteiger charge is 2.60. The van der Waals surface area contributed by atoms with Crippen LogP contribution in [0.3, 0.4) is 0 Å². The summed E-state index contributed by atoms with van der Waals surface area (Å²) < 4.78 is 11.1. The van der Waals surface area contributed by atoms with Gasteiger partial charge in [-0.15, -0.1) is 0 Å². The van der Waals surface area contributed by atoms with Gasteiger partial charge in [-0.05, 0) is 33.1 Å². The van der Waals surface area contributed by atoms with Gasteiger partial charge >= 0.3 is 5.97 Å². The summed E-state index contributed by atoms with van der Waals surface area (Å²) >= 11 is 0. The van der Waals surface area contributed by atoms with Crippen LogP contribution in [-0.4, -0.2) is 46.7 Å². The molecule has 0 saturated carbocycles. The number of esters is 1. The van der Waals surface area contributed by atoms with Crippen LogP contribution in [0.1, 0.15) is 33.1 Å². The lowest BCUT2D eigenvalue weighted by Gasteiger charge is -2.20. The largest absolute Gasteiger partial charge is 0.451 e. The lowest BCUT2D eigenvalue weighted by Crippen LogP contribution is -2.30. The number of hydrogen-bond acceptors (Lipinski definition) is 5. The molecule has 2 N–H and O–H groups in total. The van der Waals surface area contributed by atoms with E-state index in [2.05, 4.69) is 6.08 Å². The van der Waals surface area contributed by atoms with Crippen molar-refractivity contribution in [3.63, 3.8) is 0 Å². The molecule has 0 aromatic rings. The van der Waals surface area contributed by atoms with Crippen LogP contribution in [0.25, 0.3) is 0 Å². The highest BCUT2D eigenvalue weighted by Crippen LogP contribution is 2.48. The Bertz CT molecular complexity index is 506. The van der Waals surface area contributed by atoms with Crippen LogP contribution >= 0.6 is 0 Å². The molecule has 0 bridgehead atoms. The smallest absolute Gasteiger partial charge is 0.337 e. The van der Waals surface area contributed by atoms with Crippen molar-refractivity contribution in [2.75, 3.05) is 6.61 Å². The quantitative estimate of drug-likeness (QED) is 0.423. The highest BCUT2D eigenvalue weighted by molar-refractivity contribution is 5.93. The molecule has 1 fully saturated rings. The Hall–Kier alpha value is -1.17. The fourth-order valence-corrected chi connectivity index (χ4v) is 3.25. The van der Waals surface area contributed by atoms with Gasteiger partial charge in [0.25, 0.3) is 0 Å². The first-order chi connectivity index (χ1) is 9.46. The van der Waals surface area contributed by atoms with Gasteiger partial charge in [-0.2, -0.15) is 0 Å². The fraction of sp³-hybridized carbons (Fsp3) is 0.667. The lowest BCUT2D eigenvalue weighted by atomic mass is 9.87. The monoisotopic (exact) mass is 280 g/mol. The predicted molar refractivity (Wildman–Crippen MR) is 70.9 cm³/mol. The number of ether oxygens (including phenoxy) is 2. The molecule has 0 aromatic heterocycles. The first kappa shape index (κ1) is 13.8. The zero-order valence-corrected chi connectivity index (χ0v) is 11.8. The molecular weight excluding hydrogens is 260 g/mol. The number of carbonyl (C=O) groups excluding carboxylic acids is 1. The molecule has 2 heterocycles. The number of epoxide rings is 1. The molecule has 4 atom stereocenters. The summed E-state index contributed by atoms with van der Waals surface area (Å²) in [4.78, 5) is 11.8. The molecule has 0 aromatic carbocycles. The molecule has 1 aliphatic carbocycles. The van der Waals surface area contributed by atoms with Crippen molar-refractivity contribution in [3.05, 3.63) is 22.8 Å². The van der Waals surface area contributed by atoms with Gasteiger partial charge in [0.15, 0.2) is 6.10 Å². The maximum atomic E-state index is 11.8. The van der Waals surface area contributed by atoms with Crippen LogP contribution in [0.2, 0.25) is 0 Å². The van der Waals surface area contributed by atoms with E-state index in [0.29, 0.717) is 12.0 Å². The van der Waals surface area contributed by atoms with E-state index in [1.165, 1.54) is 0 Å². The summed E-state index contributed by atoms with van der Waals surface area (Å²) in [5, 5.41) is 19.8. The van der Waals surface area contributed by atoms with Crippen LogP contribution in [0.4, 0.5) is 0 Å². The topological polar surface area (TPSA) is 79.3 Å². The molecule has 110 valence electrons. The van der Waals surface area contributed by atoms with Crippen molar-refractivity contribution < 1.29 is 24.5 Å². The first-order valence-electron chi connectivity index (χ1n) is 7.02. The Balaban J connectivity index is 2.00. The highest BCUT2D eigenvalue weighted by atomic mass is 16.6. The van der Waals surface area contributed by atoms with E-state index in [9.17, 15) is 15.0 Å². The zero-order valence-electron chi connectivity index (χ0n) is 11.8. The van der Waals surface area contributed by atoms with Crippen LogP contribution in [0, 0.1) is 0 Å². The molecular formula is C15H20O5. The number of aliphatic hydroxyl groups is 2. The number of allylic oxidation sites excluding steroid dienone is 1. The third kappa shape index (κ3) is 2.10. The van der Waals surface area contributed by atoms with Crippen LogP contribution in [0.5, 0.6) is 0 Å². The third-order valence-corrected chi connectivity index (χ3v) is 4.52. The number of aliphatic hydroxyl groups excluding tert-OH is 2. The van der Waals surface area contributed by atoms with Crippen LogP contribution in [-0.2, 0) is 14.3 Å². The Morgan fingerprint density at radius 1 is 1.50 bits per heavy atom. The molecule has 0 radical (unpaired) electrons. The third-order valence-electron chi connectivity index (χ3n) is 4.52. The number of rotatable bonds is 1. The second kappa shape index (κ2) is 4.69. The molecule has 0 spiro atoms. The summed E-state index contributed by atoms with van der Waals surface area (Å²) in [7, 11) is 0. The summed E-state index contributed by atoms with van der Waals surface area (Å²) in [5.74, 6) is -0.537. The van der Waals surface area contributed by atoms with Gasteiger partial charge in [0.1, 0.15) is 6.10 Å². The number of hydrogen-bond donors (Lipinski definition) is 2. The van der Waals surface area contributed by atoms with Crippen LogP contribution in [0.15, 0.2) is 22.8 Å². The Labute approximate surface area is 117 Å². The minimum absolute atomic E-state index is 0.189. The van der Waals surface area contributed by atoms with E-state index in [4.69, 9.17) is 9.47 Å². The normalized spacial score (nSPS) is 40.7. The number of carbonyl (C=O) groups is 1. The predicted octanol–water partition coefficient (Wildman–Crippen LogP) is 0.849. The van der Waals surface area contributed by atoms with Crippen molar-refractivity contribution in [2.45, 2.75) is 57.0 Å². The van der Waals surface area contributed by atoms with Crippen molar-refractivity contribution in [3.8, 4) is 0 Å². The maximum absolute atomic E-state index is 11.8. The van der Waals surface area contributed by atoms with Gasteiger partial charge in [0.05, 0.1) is 23.9 Å². The Kier molecular flexibility index (Phi) is 3.23. The summed E-state index contributed by atoms with van der Waals surface area (Å²) in [6.45, 7) is 3.55. The second-order valence-electron chi connectivity index (χ2n) is 6.08. The second-order valence-corrected chi connectivity index (χ2v) is 6.08.